The molecule has 4 aliphatic carbocycles. The van der Waals surface area contributed by atoms with Crippen LogP contribution in [0.1, 0.15) is 72.1 Å². The smallest absolute Gasteiger partial charge is 0.344 e. The Bertz CT molecular complexity index is 788. The van der Waals surface area contributed by atoms with Crippen LogP contribution in [0.15, 0.2) is 16.8 Å². The topological polar surface area (TPSA) is 96.2 Å². The minimum atomic E-state index is -1.16. The first-order chi connectivity index (χ1) is 13.6. The molecule has 0 aliphatic heterocycles. The van der Waals surface area contributed by atoms with Crippen molar-refractivity contribution in [2.24, 2.45) is 33.7 Å². The van der Waals surface area contributed by atoms with Crippen LogP contribution in [0.3, 0.4) is 0 Å². The summed E-state index contributed by atoms with van der Waals surface area (Å²) in [4.78, 5) is 27.9. The summed E-state index contributed by atoms with van der Waals surface area (Å²) in [5, 5.41) is 24.0. The number of ketones is 1. The van der Waals surface area contributed by atoms with E-state index in [0.29, 0.717) is 24.2 Å². The van der Waals surface area contributed by atoms with Gasteiger partial charge in [-0.2, -0.15) is 0 Å². The molecule has 4 aliphatic rings. The number of rotatable bonds is 4. The molecule has 3 fully saturated rings. The zero-order valence-electron chi connectivity index (χ0n) is 17.7. The number of aliphatic carboxylic acids is 1. The molecule has 2 N–H and O–H groups in total. The predicted octanol–water partition coefficient (Wildman–Crippen LogP) is 3.73. The van der Waals surface area contributed by atoms with E-state index in [9.17, 15) is 14.7 Å². The molecule has 6 heteroatoms. The van der Waals surface area contributed by atoms with Crippen molar-refractivity contribution in [1.82, 2.24) is 0 Å². The van der Waals surface area contributed by atoms with Gasteiger partial charge in [-0.3, -0.25) is 4.79 Å². The standard InChI is InChI=1S/C23H33NO5/c1-14(25)23(28)11-8-19-17-5-4-15-12-16(24-29-13-20(26)27)6-9-21(15,2)18(17)7-10-22(19,23)3/h12,17-19,28H,4-11,13H2,1-3H3,(H,26,27)/b24-16-/t17-,18+,19+,21-,22-,23-/m0/s1. The number of oxime groups is 1. The third-order valence-electron chi connectivity index (χ3n) is 9.08. The number of fused-ring (bicyclic) bond motifs is 5. The lowest BCUT2D eigenvalue weighted by atomic mass is 9.46. The molecule has 0 unspecified atom stereocenters. The van der Waals surface area contributed by atoms with E-state index >= 15 is 0 Å². The van der Waals surface area contributed by atoms with Crippen molar-refractivity contribution >= 4 is 17.5 Å². The molecule has 0 bridgehead atoms. The summed E-state index contributed by atoms with van der Waals surface area (Å²) in [7, 11) is 0. The van der Waals surface area contributed by atoms with Crippen LogP contribution in [0, 0.1) is 28.6 Å². The van der Waals surface area contributed by atoms with Crippen LogP contribution >= 0.6 is 0 Å². The molecule has 29 heavy (non-hydrogen) atoms. The zero-order valence-corrected chi connectivity index (χ0v) is 17.7. The van der Waals surface area contributed by atoms with Crippen molar-refractivity contribution < 1.29 is 24.6 Å². The summed E-state index contributed by atoms with van der Waals surface area (Å²) in [6.07, 6.45) is 9.50. The average molecular weight is 404 g/mol. The highest BCUT2D eigenvalue weighted by Crippen LogP contribution is 2.67. The molecular formula is C23H33NO5. The van der Waals surface area contributed by atoms with Gasteiger partial charge in [-0.15, -0.1) is 0 Å². The fraction of sp³-hybridized carbons (Fsp3) is 0.783. The monoisotopic (exact) mass is 403 g/mol. The molecule has 4 rings (SSSR count). The molecule has 0 radical (unpaired) electrons. The fourth-order valence-electron chi connectivity index (χ4n) is 7.41. The van der Waals surface area contributed by atoms with Crippen LogP contribution in [-0.4, -0.2) is 39.9 Å². The van der Waals surface area contributed by atoms with Crippen LogP contribution in [0.2, 0.25) is 0 Å². The van der Waals surface area contributed by atoms with E-state index in [-0.39, 0.29) is 16.6 Å². The Balaban J connectivity index is 1.57. The molecule has 6 atom stereocenters. The summed E-state index contributed by atoms with van der Waals surface area (Å²) >= 11 is 0. The van der Waals surface area contributed by atoms with E-state index < -0.39 is 18.2 Å². The van der Waals surface area contributed by atoms with Crippen LogP contribution in [-0.2, 0) is 14.4 Å². The van der Waals surface area contributed by atoms with Gasteiger partial charge in [0.15, 0.2) is 5.78 Å². The number of carboxylic acid groups (broad SMARTS) is 1. The maximum Gasteiger partial charge on any atom is 0.344 e. The Kier molecular flexibility index (Phi) is 4.92. The lowest BCUT2D eigenvalue weighted by molar-refractivity contribution is -0.159. The van der Waals surface area contributed by atoms with E-state index in [4.69, 9.17) is 9.94 Å². The lowest BCUT2D eigenvalue weighted by Gasteiger charge is -2.59. The van der Waals surface area contributed by atoms with E-state index in [2.05, 4.69) is 25.1 Å². The summed E-state index contributed by atoms with van der Waals surface area (Å²) in [6.45, 7) is 5.67. The van der Waals surface area contributed by atoms with E-state index in [1.807, 2.05) is 0 Å². The lowest BCUT2D eigenvalue weighted by Crippen LogP contribution is -2.57. The molecular weight excluding hydrogens is 370 g/mol. The number of carbonyl (C=O) groups is 2. The van der Waals surface area contributed by atoms with Crippen molar-refractivity contribution in [2.75, 3.05) is 6.61 Å². The molecule has 0 heterocycles. The van der Waals surface area contributed by atoms with Crippen molar-refractivity contribution in [1.29, 1.82) is 0 Å². The van der Waals surface area contributed by atoms with Gasteiger partial charge in [-0.05, 0) is 87.5 Å². The van der Waals surface area contributed by atoms with Crippen molar-refractivity contribution in [3.63, 3.8) is 0 Å². The van der Waals surface area contributed by atoms with Gasteiger partial charge in [-0.25, -0.2) is 4.79 Å². The molecule has 0 spiro atoms. The third kappa shape index (κ3) is 2.97. The number of aliphatic hydroxyl groups is 1. The third-order valence-corrected chi connectivity index (χ3v) is 9.08. The molecule has 0 aromatic rings. The predicted molar refractivity (Wildman–Crippen MR) is 108 cm³/mol. The maximum absolute atomic E-state index is 12.3. The number of carbonyl (C=O) groups excluding carboxylic acids is 1. The second kappa shape index (κ2) is 6.93. The van der Waals surface area contributed by atoms with Crippen molar-refractivity contribution in [3.05, 3.63) is 11.6 Å². The minimum absolute atomic E-state index is 0.0663. The first-order valence-electron chi connectivity index (χ1n) is 11.0. The van der Waals surface area contributed by atoms with Gasteiger partial charge in [0, 0.05) is 5.41 Å². The van der Waals surface area contributed by atoms with E-state index in [1.165, 1.54) is 5.57 Å². The second-order valence-electron chi connectivity index (χ2n) is 10.2. The van der Waals surface area contributed by atoms with Gasteiger partial charge in [0.05, 0.1) is 5.71 Å². The molecule has 0 aromatic carbocycles. The van der Waals surface area contributed by atoms with Crippen molar-refractivity contribution in [2.45, 2.75) is 77.7 Å². The molecule has 0 saturated heterocycles. The number of hydrogen-bond donors (Lipinski definition) is 2. The highest BCUT2D eigenvalue weighted by Gasteiger charge is 2.65. The van der Waals surface area contributed by atoms with Gasteiger partial charge in [0.25, 0.3) is 0 Å². The van der Waals surface area contributed by atoms with Gasteiger partial charge in [-0.1, -0.05) is 24.6 Å². The number of hydrogen-bond acceptors (Lipinski definition) is 5. The zero-order chi connectivity index (χ0) is 21.0. The Morgan fingerprint density at radius 1 is 1.14 bits per heavy atom. The van der Waals surface area contributed by atoms with Crippen LogP contribution in [0.4, 0.5) is 0 Å². The first kappa shape index (κ1) is 20.6. The number of Topliss-reactive ketones (excluding diaryl/α,β-unsaturated/α-hetero) is 1. The minimum Gasteiger partial charge on any atom is -0.479 e. The average Bonchev–Trinajstić information content (AvgIpc) is 2.94. The fourth-order valence-corrected chi connectivity index (χ4v) is 7.41. The largest absolute Gasteiger partial charge is 0.479 e. The maximum atomic E-state index is 12.3. The van der Waals surface area contributed by atoms with E-state index in [1.54, 1.807) is 6.92 Å². The molecule has 160 valence electrons. The Hall–Kier alpha value is -1.69. The quantitative estimate of drug-likeness (QED) is 0.697. The second-order valence-corrected chi connectivity index (χ2v) is 10.2. The summed E-state index contributed by atoms with van der Waals surface area (Å²) in [5.41, 5.74) is 0.903. The first-order valence-corrected chi connectivity index (χ1v) is 11.0. The Labute approximate surface area is 172 Å². The van der Waals surface area contributed by atoms with Gasteiger partial charge in [0.2, 0.25) is 6.61 Å². The van der Waals surface area contributed by atoms with Crippen molar-refractivity contribution in [3.8, 4) is 0 Å². The summed E-state index contributed by atoms with van der Waals surface area (Å²) < 4.78 is 0. The van der Waals surface area contributed by atoms with Gasteiger partial charge in [0.1, 0.15) is 5.60 Å². The molecule has 6 nitrogen and oxygen atoms in total. The Morgan fingerprint density at radius 3 is 2.55 bits per heavy atom. The molecule has 0 amide bonds. The highest BCUT2D eigenvalue weighted by molar-refractivity contribution is 5.96. The van der Waals surface area contributed by atoms with Gasteiger partial charge >= 0.3 is 5.97 Å². The van der Waals surface area contributed by atoms with Crippen LogP contribution in [0.25, 0.3) is 0 Å². The number of allylic oxidation sites excluding steroid dienone is 2. The summed E-state index contributed by atoms with van der Waals surface area (Å²) in [5.74, 6) is 0.434. The van der Waals surface area contributed by atoms with Crippen LogP contribution in [0.5, 0.6) is 0 Å². The van der Waals surface area contributed by atoms with Gasteiger partial charge < -0.3 is 15.1 Å². The molecule has 3 saturated carbocycles. The Morgan fingerprint density at radius 2 is 1.86 bits per heavy atom. The van der Waals surface area contributed by atoms with E-state index in [0.717, 1.165) is 50.7 Å². The molecule has 0 aromatic heterocycles. The number of nitrogens with zero attached hydrogens (tertiary/aromatic N) is 1. The normalized spacial score (nSPS) is 45.0. The highest BCUT2D eigenvalue weighted by atomic mass is 16.6. The summed E-state index contributed by atoms with van der Waals surface area (Å²) in [6, 6.07) is 0. The SMILES string of the molecule is CC(=O)[C@@]1(O)CC[C@@H]2[C@H]3CCC4=C/C(=N\OCC(=O)O)CC[C@]4(C)[C@@H]3CC[C@@]21C. The number of carboxylic acids is 1. The van der Waals surface area contributed by atoms with Crippen LogP contribution < -0.4 is 0 Å².